The Balaban J connectivity index is 2.65. The third kappa shape index (κ3) is 4.63. The molecule has 0 saturated carbocycles. The van der Waals surface area contributed by atoms with Crippen molar-refractivity contribution in [2.75, 3.05) is 6.61 Å². The van der Waals surface area contributed by atoms with Crippen LogP contribution in [0, 0.1) is 17.3 Å². The fraction of sp³-hybridized carbons (Fsp3) is 0.889. The average Bonchev–Trinajstić information content (AvgIpc) is 2.41. The van der Waals surface area contributed by atoms with Gasteiger partial charge < -0.3 is 5.11 Å². The van der Waals surface area contributed by atoms with E-state index in [9.17, 15) is 5.11 Å². The van der Waals surface area contributed by atoms with E-state index < -0.39 is 0 Å². The fourth-order valence-electron chi connectivity index (χ4n) is 3.64. The molecule has 3 atom stereocenters. The van der Waals surface area contributed by atoms with Crippen LogP contribution in [-0.4, -0.2) is 11.7 Å². The Morgan fingerprint density at radius 3 is 2.63 bits per heavy atom. The summed E-state index contributed by atoms with van der Waals surface area (Å²) >= 11 is 0. The molecule has 1 nitrogen and oxygen atoms in total. The van der Waals surface area contributed by atoms with Crippen molar-refractivity contribution in [2.24, 2.45) is 17.3 Å². The van der Waals surface area contributed by atoms with Gasteiger partial charge in [-0.25, -0.2) is 0 Å². The molecule has 0 aromatic heterocycles. The molecule has 0 aromatic rings. The number of unbranched alkanes of at least 4 members (excludes halogenated alkanes) is 2. The van der Waals surface area contributed by atoms with Crippen LogP contribution < -0.4 is 0 Å². The molecule has 0 bridgehead atoms. The molecule has 1 aliphatic rings. The van der Waals surface area contributed by atoms with Crippen molar-refractivity contribution >= 4 is 0 Å². The standard InChI is InChI=1S/C18H34O/c1-5-7-8-12-18(4,6-2)17-10-9-15(3)16(14-17)11-13-19/h9,16-17,19H,5-8,10-14H2,1-4H3. The van der Waals surface area contributed by atoms with E-state index in [0.29, 0.717) is 17.9 Å². The van der Waals surface area contributed by atoms with E-state index in [4.69, 9.17) is 0 Å². The highest BCUT2D eigenvalue weighted by atomic mass is 16.3. The quantitative estimate of drug-likeness (QED) is 0.464. The molecule has 0 aliphatic heterocycles. The molecule has 0 radical (unpaired) electrons. The predicted octanol–water partition coefficient (Wildman–Crippen LogP) is 5.34. The summed E-state index contributed by atoms with van der Waals surface area (Å²) < 4.78 is 0. The van der Waals surface area contributed by atoms with Gasteiger partial charge in [0.2, 0.25) is 0 Å². The van der Waals surface area contributed by atoms with Gasteiger partial charge in [0.25, 0.3) is 0 Å². The van der Waals surface area contributed by atoms with Gasteiger partial charge in [-0.15, -0.1) is 0 Å². The van der Waals surface area contributed by atoms with Crippen LogP contribution in [0.2, 0.25) is 0 Å². The van der Waals surface area contributed by atoms with Crippen LogP contribution in [0.3, 0.4) is 0 Å². The summed E-state index contributed by atoms with van der Waals surface area (Å²) in [5.74, 6) is 1.44. The summed E-state index contributed by atoms with van der Waals surface area (Å²) in [6.45, 7) is 9.72. The van der Waals surface area contributed by atoms with Gasteiger partial charge in [0.15, 0.2) is 0 Å². The van der Waals surface area contributed by atoms with Crippen LogP contribution in [0.1, 0.15) is 79.1 Å². The van der Waals surface area contributed by atoms with Crippen LogP contribution in [0.25, 0.3) is 0 Å². The second-order valence-corrected chi connectivity index (χ2v) is 6.79. The van der Waals surface area contributed by atoms with Crippen molar-refractivity contribution in [1.82, 2.24) is 0 Å². The SMILES string of the molecule is CCCCCC(C)(CC)C1CC=C(C)C(CCO)C1. The highest BCUT2D eigenvalue weighted by molar-refractivity contribution is 5.10. The van der Waals surface area contributed by atoms with Crippen molar-refractivity contribution < 1.29 is 5.11 Å². The molecule has 3 unspecified atom stereocenters. The minimum atomic E-state index is 0.335. The minimum Gasteiger partial charge on any atom is -0.396 e. The monoisotopic (exact) mass is 266 g/mol. The summed E-state index contributed by atoms with van der Waals surface area (Å²) in [6.07, 6.45) is 12.7. The Bertz CT molecular complexity index is 281. The summed E-state index contributed by atoms with van der Waals surface area (Å²) in [6, 6.07) is 0. The zero-order valence-corrected chi connectivity index (χ0v) is 13.5. The van der Waals surface area contributed by atoms with E-state index in [1.807, 2.05) is 0 Å². The summed E-state index contributed by atoms with van der Waals surface area (Å²) in [5.41, 5.74) is 2.01. The van der Waals surface area contributed by atoms with Crippen molar-refractivity contribution in [2.45, 2.75) is 79.1 Å². The van der Waals surface area contributed by atoms with E-state index in [2.05, 4.69) is 33.8 Å². The number of aliphatic hydroxyl groups excluding tert-OH is 1. The smallest absolute Gasteiger partial charge is 0.0436 e. The maximum atomic E-state index is 9.23. The largest absolute Gasteiger partial charge is 0.396 e. The van der Waals surface area contributed by atoms with E-state index in [-0.39, 0.29) is 0 Å². The van der Waals surface area contributed by atoms with E-state index in [1.54, 1.807) is 0 Å². The number of allylic oxidation sites excluding steroid dienone is 2. The van der Waals surface area contributed by atoms with Crippen LogP contribution >= 0.6 is 0 Å². The Labute approximate surface area is 120 Å². The van der Waals surface area contributed by atoms with E-state index in [1.165, 1.54) is 50.5 Å². The van der Waals surface area contributed by atoms with Crippen LogP contribution in [0.4, 0.5) is 0 Å². The van der Waals surface area contributed by atoms with Crippen LogP contribution in [-0.2, 0) is 0 Å². The number of hydrogen-bond acceptors (Lipinski definition) is 1. The lowest BCUT2D eigenvalue weighted by atomic mass is 9.64. The first-order valence-corrected chi connectivity index (χ1v) is 8.34. The van der Waals surface area contributed by atoms with E-state index in [0.717, 1.165) is 12.3 Å². The topological polar surface area (TPSA) is 20.2 Å². The molecule has 0 aromatic carbocycles. The molecular weight excluding hydrogens is 232 g/mol. The second kappa shape index (κ2) is 8.09. The zero-order valence-electron chi connectivity index (χ0n) is 13.5. The van der Waals surface area contributed by atoms with Gasteiger partial charge in [-0.1, -0.05) is 58.1 Å². The highest BCUT2D eigenvalue weighted by Crippen LogP contribution is 2.46. The normalized spacial score (nSPS) is 26.9. The summed E-state index contributed by atoms with van der Waals surface area (Å²) in [5, 5.41) is 9.23. The molecule has 0 fully saturated rings. The highest BCUT2D eigenvalue weighted by Gasteiger charge is 2.35. The van der Waals surface area contributed by atoms with Crippen molar-refractivity contribution in [3.05, 3.63) is 11.6 Å². The second-order valence-electron chi connectivity index (χ2n) is 6.79. The van der Waals surface area contributed by atoms with Gasteiger partial charge in [-0.2, -0.15) is 0 Å². The first kappa shape index (κ1) is 16.8. The lowest BCUT2D eigenvalue weighted by molar-refractivity contribution is 0.119. The Kier molecular flexibility index (Phi) is 7.13. The van der Waals surface area contributed by atoms with Gasteiger partial charge in [-0.3, -0.25) is 0 Å². The van der Waals surface area contributed by atoms with Crippen molar-refractivity contribution in [1.29, 1.82) is 0 Å². The lowest BCUT2D eigenvalue weighted by Crippen LogP contribution is -2.31. The first-order valence-electron chi connectivity index (χ1n) is 8.34. The van der Waals surface area contributed by atoms with Gasteiger partial charge in [0.05, 0.1) is 0 Å². The molecule has 1 heteroatoms. The lowest BCUT2D eigenvalue weighted by Gasteiger charge is -2.41. The predicted molar refractivity (Wildman–Crippen MR) is 84.2 cm³/mol. The van der Waals surface area contributed by atoms with Crippen LogP contribution in [0.5, 0.6) is 0 Å². The third-order valence-electron chi connectivity index (χ3n) is 5.56. The zero-order chi connectivity index (χ0) is 14.3. The molecule has 1 rings (SSSR count). The molecule has 1 N–H and O–H groups in total. The minimum absolute atomic E-state index is 0.335. The molecule has 0 spiro atoms. The Hall–Kier alpha value is -0.300. The number of aliphatic hydroxyl groups is 1. The van der Waals surface area contributed by atoms with Crippen molar-refractivity contribution in [3.8, 4) is 0 Å². The number of hydrogen-bond donors (Lipinski definition) is 1. The Morgan fingerprint density at radius 2 is 2.05 bits per heavy atom. The number of rotatable bonds is 8. The molecule has 19 heavy (non-hydrogen) atoms. The maximum absolute atomic E-state index is 9.23. The average molecular weight is 266 g/mol. The third-order valence-corrected chi connectivity index (χ3v) is 5.56. The molecular formula is C18H34O. The van der Waals surface area contributed by atoms with Gasteiger partial charge in [0, 0.05) is 6.61 Å². The maximum Gasteiger partial charge on any atom is 0.0436 e. The van der Waals surface area contributed by atoms with Gasteiger partial charge >= 0.3 is 0 Å². The first-order chi connectivity index (χ1) is 9.07. The fourth-order valence-corrected chi connectivity index (χ4v) is 3.64. The molecule has 0 saturated heterocycles. The van der Waals surface area contributed by atoms with Crippen LogP contribution in [0.15, 0.2) is 11.6 Å². The molecule has 1 aliphatic carbocycles. The summed E-state index contributed by atoms with van der Waals surface area (Å²) in [7, 11) is 0. The molecule has 0 heterocycles. The summed E-state index contributed by atoms with van der Waals surface area (Å²) in [4.78, 5) is 0. The van der Waals surface area contributed by atoms with Gasteiger partial charge in [-0.05, 0) is 49.9 Å². The van der Waals surface area contributed by atoms with Gasteiger partial charge in [0.1, 0.15) is 0 Å². The Morgan fingerprint density at radius 1 is 1.32 bits per heavy atom. The molecule has 112 valence electrons. The molecule has 0 amide bonds. The van der Waals surface area contributed by atoms with E-state index >= 15 is 0 Å². The van der Waals surface area contributed by atoms with Crippen molar-refractivity contribution in [3.63, 3.8) is 0 Å².